The van der Waals surface area contributed by atoms with Gasteiger partial charge >= 0.3 is 0 Å². The molecule has 1 amide bonds. The average molecular weight is 389 g/mol. The van der Waals surface area contributed by atoms with Crippen molar-refractivity contribution >= 4 is 21.7 Å². The molecular formula is C19H23N3O4S. The molecular weight excluding hydrogens is 366 g/mol. The second kappa shape index (κ2) is 8.06. The Labute approximate surface area is 159 Å². The van der Waals surface area contributed by atoms with Gasteiger partial charge < -0.3 is 10.1 Å². The van der Waals surface area contributed by atoms with Crippen LogP contribution in [0.2, 0.25) is 0 Å². The molecule has 1 N–H and O–H groups in total. The molecule has 8 heteroatoms. The quantitative estimate of drug-likeness (QED) is 0.848. The maximum absolute atomic E-state index is 12.9. The lowest BCUT2D eigenvalue weighted by atomic mass is 9.99. The number of carbonyl (C=O) groups excluding carboxylic acids is 1. The predicted molar refractivity (Wildman–Crippen MR) is 102 cm³/mol. The minimum atomic E-state index is -3.65. The van der Waals surface area contributed by atoms with Crippen LogP contribution in [0.1, 0.15) is 18.4 Å². The fourth-order valence-electron chi connectivity index (χ4n) is 3.10. The Morgan fingerprint density at radius 1 is 1.26 bits per heavy atom. The minimum Gasteiger partial charge on any atom is -0.497 e. The van der Waals surface area contributed by atoms with Crippen LogP contribution in [0.15, 0.2) is 47.5 Å². The van der Waals surface area contributed by atoms with Gasteiger partial charge in [0.05, 0.1) is 17.9 Å². The molecule has 0 spiro atoms. The number of hydrogen-bond donors (Lipinski definition) is 1. The molecule has 1 aromatic carbocycles. The molecule has 27 heavy (non-hydrogen) atoms. The third-order valence-electron chi connectivity index (χ3n) is 4.62. The van der Waals surface area contributed by atoms with Crippen molar-refractivity contribution in [2.24, 2.45) is 5.92 Å². The molecule has 1 aliphatic rings. The topological polar surface area (TPSA) is 88.6 Å². The van der Waals surface area contributed by atoms with Crippen LogP contribution in [0.3, 0.4) is 0 Å². The van der Waals surface area contributed by atoms with Gasteiger partial charge in [-0.3, -0.25) is 4.79 Å². The fraction of sp³-hybridized carbons (Fsp3) is 0.368. The maximum Gasteiger partial charge on any atom is 0.243 e. The number of piperidine rings is 1. The third-order valence-corrected chi connectivity index (χ3v) is 6.50. The summed E-state index contributed by atoms with van der Waals surface area (Å²) in [6.45, 7) is 2.48. The van der Waals surface area contributed by atoms with Crippen molar-refractivity contribution in [1.29, 1.82) is 0 Å². The van der Waals surface area contributed by atoms with Gasteiger partial charge in [-0.2, -0.15) is 4.31 Å². The monoisotopic (exact) mass is 389 g/mol. The van der Waals surface area contributed by atoms with Crippen molar-refractivity contribution in [2.45, 2.75) is 24.7 Å². The molecule has 0 radical (unpaired) electrons. The summed E-state index contributed by atoms with van der Waals surface area (Å²) in [6.07, 6.45) is 2.91. The lowest BCUT2D eigenvalue weighted by Crippen LogP contribution is -2.43. The van der Waals surface area contributed by atoms with Crippen molar-refractivity contribution in [2.75, 3.05) is 25.5 Å². The van der Waals surface area contributed by atoms with E-state index in [1.807, 2.05) is 13.0 Å². The Kier molecular flexibility index (Phi) is 5.76. The number of methoxy groups -OCH3 is 1. The Bertz CT molecular complexity index is 913. The lowest BCUT2D eigenvalue weighted by Gasteiger charge is -2.31. The number of nitrogens with one attached hydrogen (secondary N) is 1. The van der Waals surface area contributed by atoms with Crippen molar-refractivity contribution in [1.82, 2.24) is 9.29 Å². The van der Waals surface area contributed by atoms with Crippen LogP contribution < -0.4 is 10.1 Å². The third kappa shape index (κ3) is 4.45. The molecule has 1 aliphatic heterocycles. The van der Waals surface area contributed by atoms with Crippen molar-refractivity contribution in [3.8, 4) is 5.75 Å². The molecule has 0 unspecified atom stereocenters. The number of ether oxygens (including phenoxy) is 1. The number of anilines is 1. The van der Waals surface area contributed by atoms with Crippen LogP contribution in [0.4, 0.5) is 5.82 Å². The highest BCUT2D eigenvalue weighted by atomic mass is 32.2. The SMILES string of the molecule is COc1ccc(S(=O)(=O)N2CCC[C@H](C(=O)Nc3cc(C)ccn3)C2)cc1. The first kappa shape index (κ1) is 19.3. The summed E-state index contributed by atoms with van der Waals surface area (Å²) in [5, 5.41) is 2.79. The molecule has 1 saturated heterocycles. The van der Waals surface area contributed by atoms with Gasteiger partial charge in [-0.25, -0.2) is 13.4 Å². The van der Waals surface area contributed by atoms with Gasteiger partial charge in [-0.05, 0) is 61.7 Å². The van der Waals surface area contributed by atoms with Gasteiger partial charge in [-0.1, -0.05) is 0 Å². The van der Waals surface area contributed by atoms with E-state index in [2.05, 4.69) is 10.3 Å². The molecule has 2 aromatic rings. The van der Waals surface area contributed by atoms with Gasteiger partial charge in [0.15, 0.2) is 0 Å². The predicted octanol–water partition coefficient (Wildman–Crippen LogP) is 2.44. The average Bonchev–Trinajstić information content (AvgIpc) is 2.68. The largest absolute Gasteiger partial charge is 0.497 e. The smallest absolute Gasteiger partial charge is 0.243 e. The van der Waals surface area contributed by atoms with E-state index in [4.69, 9.17) is 4.74 Å². The van der Waals surface area contributed by atoms with Gasteiger partial charge in [-0.15, -0.1) is 0 Å². The van der Waals surface area contributed by atoms with Crippen molar-refractivity contribution in [3.63, 3.8) is 0 Å². The summed E-state index contributed by atoms with van der Waals surface area (Å²) in [5.41, 5.74) is 0.993. The number of aryl methyl sites for hydroxylation is 1. The first-order chi connectivity index (χ1) is 12.9. The van der Waals surface area contributed by atoms with Gasteiger partial charge in [0.2, 0.25) is 15.9 Å². The van der Waals surface area contributed by atoms with Crippen LogP contribution in [-0.2, 0) is 14.8 Å². The van der Waals surface area contributed by atoms with E-state index in [0.29, 0.717) is 31.0 Å². The number of nitrogens with zero attached hydrogens (tertiary/aromatic N) is 2. The molecule has 144 valence electrons. The lowest BCUT2D eigenvalue weighted by molar-refractivity contribution is -0.120. The summed E-state index contributed by atoms with van der Waals surface area (Å²) in [6, 6.07) is 9.91. The molecule has 7 nitrogen and oxygen atoms in total. The van der Waals surface area contributed by atoms with E-state index >= 15 is 0 Å². The number of amides is 1. The standard InChI is InChI=1S/C19H23N3O4S/c1-14-9-10-20-18(12-14)21-19(23)15-4-3-11-22(13-15)27(24,25)17-7-5-16(26-2)6-8-17/h5-10,12,15H,3-4,11,13H2,1-2H3,(H,20,21,23)/t15-/m0/s1. The summed E-state index contributed by atoms with van der Waals surface area (Å²) in [7, 11) is -2.12. The van der Waals surface area contributed by atoms with Crippen molar-refractivity contribution in [3.05, 3.63) is 48.2 Å². The second-order valence-corrected chi connectivity index (χ2v) is 8.52. The molecule has 1 fully saturated rings. The molecule has 3 rings (SSSR count). The molecule has 0 aliphatic carbocycles. The van der Waals surface area contributed by atoms with E-state index in [-0.39, 0.29) is 17.3 Å². The maximum atomic E-state index is 12.9. The zero-order valence-corrected chi connectivity index (χ0v) is 16.2. The molecule has 0 saturated carbocycles. The summed E-state index contributed by atoms with van der Waals surface area (Å²) < 4.78 is 32.3. The number of carbonyl (C=O) groups is 1. The Hall–Kier alpha value is -2.45. The highest BCUT2D eigenvalue weighted by Crippen LogP contribution is 2.25. The van der Waals surface area contributed by atoms with E-state index in [0.717, 1.165) is 5.56 Å². The van der Waals surface area contributed by atoms with E-state index in [9.17, 15) is 13.2 Å². The Balaban J connectivity index is 1.71. The van der Waals surface area contributed by atoms with Crippen LogP contribution in [0, 0.1) is 12.8 Å². The number of pyridine rings is 1. The van der Waals surface area contributed by atoms with Crippen LogP contribution in [-0.4, -0.2) is 43.8 Å². The van der Waals surface area contributed by atoms with Gasteiger partial charge in [0.1, 0.15) is 11.6 Å². The Morgan fingerprint density at radius 3 is 2.67 bits per heavy atom. The molecule has 1 atom stereocenters. The van der Waals surface area contributed by atoms with E-state index in [1.165, 1.54) is 23.5 Å². The normalized spacial score (nSPS) is 18.1. The fourth-order valence-corrected chi connectivity index (χ4v) is 4.63. The van der Waals surface area contributed by atoms with Gasteiger partial charge in [0.25, 0.3) is 0 Å². The first-order valence-corrected chi connectivity index (χ1v) is 10.2. The number of sulfonamides is 1. The number of aromatic nitrogens is 1. The molecule has 1 aromatic heterocycles. The zero-order valence-electron chi connectivity index (χ0n) is 15.4. The summed E-state index contributed by atoms with van der Waals surface area (Å²) >= 11 is 0. The van der Waals surface area contributed by atoms with Crippen LogP contribution >= 0.6 is 0 Å². The highest BCUT2D eigenvalue weighted by Gasteiger charge is 2.33. The van der Waals surface area contributed by atoms with Crippen molar-refractivity contribution < 1.29 is 17.9 Å². The molecule has 2 heterocycles. The number of rotatable bonds is 5. The van der Waals surface area contributed by atoms with E-state index < -0.39 is 15.9 Å². The zero-order chi connectivity index (χ0) is 19.4. The number of hydrogen-bond acceptors (Lipinski definition) is 5. The summed E-state index contributed by atoms with van der Waals surface area (Å²) in [4.78, 5) is 16.9. The Morgan fingerprint density at radius 2 is 2.00 bits per heavy atom. The van der Waals surface area contributed by atoms with Crippen LogP contribution in [0.5, 0.6) is 5.75 Å². The summed E-state index contributed by atoms with van der Waals surface area (Å²) in [5.74, 6) is 0.461. The number of benzene rings is 1. The first-order valence-electron chi connectivity index (χ1n) is 8.78. The second-order valence-electron chi connectivity index (χ2n) is 6.59. The highest BCUT2D eigenvalue weighted by molar-refractivity contribution is 7.89. The molecule has 0 bridgehead atoms. The van der Waals surface area contributed by atoms with E-state index in [1.54, 1.807) is 24.4 Å². The van der Waals surface area contributed by atoms with Crippen LogP contribution in [0.25, 0.3) is 0 Å². The minimum absolute atomic E-state index is 0.159. The van der Waals surface area contributed by atoms with Gasteiger partial charge in [0, 0.05) is 19.3 Å².